The molecule has 0 fully saturated rings. The Morgan fingerprint density at radius 2 is 1.24 bits per heavy atom. The molecule has 0 spiro atoms. The first-order valence-electron chi connectivity index (χ1n) is 6.15. The maximum absolute atomic E-state index is 10.7. The molecule has 0 N–H and O–H groups in total. The SMILES string of the molecule is Cc1ccccc1.O=S(=O)(Cl)Cl.O=[N+]([O-])c1ccc(S(=O)(=O)Cl)cc1. The Labute approximate surface area is 158 Å². The number of nitro groups is 1. The summed E-state index contributed by atoms with van der Waals surface area (Å²) in [5, 5.41) is 10.2. The van der Waals surface area contributed by atoms with E-state index < -0.39 is 22.2 Å². The monoisotopic (exact) mass is 447 g/mol. The second kappa shape index (κ2) is 10.6. The van der Waals surface area contributed by atoms with E-state index in [4.69, 9.17) is 19.1 Å². The third-order valence-corrected chi connectivity index (χ3v) is 3.64. The molecule has 0 heterocycles. The van der Waals surface area contributed by atoms with Gasteiger partial charge in [0.1, 0.15) is 0 Å². The lowest BCUT2D eigenvalue weighted by molar-refractivity contribution is -0.384. The van der Waals surface area contributed by atoms with Crippen molar-refractivity contribution in [2.24, 2.45) is 0 Å². The van der Waals surface area contributed by atoms with Gasteiger partial charge in [-0.15, -0.1) is 0 Å². The molecule has 0 aliphatic carbocycles. The molecule has 0 aliphatic heterocycles. The summed E-state index contributed by atoms with van der Waals surface area (Å²) in [5.74, 6) is 0. The second-order valence-corrected chi connectivity index (χ2v) is 10.5. The summed E-state index contributed by atoms with van der Waals surface area (Å²) in [7, 11) is 6.01. The summed E-state index contributed by atoms with van der Waals surface area (Å²) in [6.07, 6.45) is 0. The van der Waals surface area contributed by atoms with Crippen LogP contribution in [0.2, 0.25) is 0 Å². The van der Waals surface area contributed by atoms with Gasteiger partial charge in [0.15, 0.2) is 0 Å². The molecule has 0 bridgehead atoms. The molecule has 0 saturated carbocycles. The molecule has 0 aromatic heterocycles. The van der Waals surface area contributed by atoms with Crippen LogP contribution in [0.15, 0.2) is 59.5 Å². The largest absolute Gasteiger partial charge is 0.317 e. The number of non-ortho nitro benzene ring substituents is 1. The number of nitro benzene ring substituents is 1. The van der Waals surface area contributed by atoms with Crippen LogP contribution in [0.1, 0.15) is 5.56 Å². The molecule has 138 valence electrons. The van der Waals surface area contributed by atoms with Crippen molar-refractivity contribution in [1.82, 2.24) is 0 Å². The summed E-state index contributed by atoms with van der Waals surface area (Å²) in [5.41, 5.74) is 1.14. The average molecular weight is 449 g/mol. The standard InChI is InChI=1S/C7H8.C6H4ClNO4S.Cl2O2S/c1-7-5-3-2-4-6-7;7-13(11,12)6-3-1-5(2-4-6)8(9)10;1-5(2,3)4/h2-6H,1H3;1-4H;. The summed E-state index contributed by atoms with van der Waals surface area (Å²) < 4.78 is 39.7. The van der Waals surface area contributed by atoms with Crippen molar-refractivity contribution in [3.8, 4) is 0 Å². The molecule has 2 aromatic rings. The lowest BCUT2D eigenvalue weighted by atomic mass is 10.2. The van der Waals surface area contributed by atoms with Crippen molar-refractivity contribution < 1.29 is 21.8 Å². The van der Waals surface area contributed by atoms with Crippen LogP contribution in [0.5, 0.6) is 0 Å². The fraction of sp³-hybridized carbons (Fsp3) is 0.0769. The molecule has 25 heavy (non-hydrogen) atoms. The highest BCUT2D eigenvalue weighted by atomic mass is 36.0. The molecule has 0 unspecified atom stereocenters. The lowest BCUT2D eigenvalue weighted by Gasteiger charge is -1.94. The van der Waals surface area contributed by atoms with Crippen LogP contribution < -0.4 is 0 Å². The van der Waals surface area contributed by atoms with E-state index in [1.54, 1.807) is 0 Å². The average Bonchev–Trinajstić information content (AvgIpc) is 2.46. The van der Waals surface area contributed by atoms with E-state index in [-0.39, 0.29) is 10.6 Å². The zero-order chi connectivity index (χ0) is 19.7. The second-order valence-electron chi connectivity index (χ2n) is 4.22. The topological polar surface area (TPSA) is 111 Å². The minimum Gasteiger partial charge on any atom is -0.258 e. The third kappa shape index (κ3) is 13.6. The van der Waals surface area contributed by atoms with Crippen molar-refractivity contribution in [2.75, 3.05) is 0 Å². The molecular weight excluding hydrogens is 437 g/mol. The number of hydrogen-bond donors (Lipinski definition) is 0. The van der Waals surface area contributed by atoms with Crippen molar-refractivity contribution >= 4 is 55.0 Å². The van der Waals surface area contributed by atoms with E-state index in [1.165, 1.54) is 5.56 Å². The number of aryl methyl sites for hydroxylation is 1. The zero-order valence-electron chi connectivity index (χ0n) is 12.5. The highest BCUT2D eigenvalue weighted by Gasteiger charge is 2.11. The fourth-order valence-corrected chi connectivity index (χ4v) is 2.03. The van der Waals surface area contributed by atoms with Gasteiger partial charge in [-0.05, 0) is 19.1 Å². The van der Waals surface area contributed by atoms with Crippen LogP contribution in [0.3, 0.4) is 0 Å². The predicted molar refractivity (Wildman–Crippen MR) is 97.9 cm³/mol. The minimum absolute atomic E-state index is 0.153. The molecule has 12 heteroatoms. The molecule has 0 aliphatic rings. The molecule has 0 atom stereocenters. The quantitative estimate of drug-likeness (QED) is 0.386. The van der Waals surface area contributed by atoms with Gasteiger partial charge in [-0.3, -0.25) is 10.1 Å². The summed E-state index contributed by atoms with van der Waals surface area (Å²) in [6.45, 7) is 2.08. The molecule has 0 radical (unpaired) electrons. The Morgan fingerprint density at radius 3 is 1.48 bits per heavy atom. The minimum atomic E-state index is -3.80. The Hall–Kier alpha value is -1.39. The van der Waals surface area contributed by atoms with Crippen molar-refractivity contribution in [3.63, 3.8) is 0 Å². The van der Waals surface area contributed by atoms with Crippen LogP contribution in [-0.2, 0) is 17.3 Å². The maximum atomic E-state index is 10.7. The summed E-state index contributed by atoms with van der Waals surface area (Å²) >= 11 is 0. The van der Waals surface area contributed by atoms with Crippen molar-refractivity contribution in [2.45, 2.75) is 11.8 Å². The molecule has 7 nitrogen and oxygen atoms in total. The first-order valence-corrected chi connectivity index (χ1v) is 11.6. The number of rotatable bonds is 2. The van der Waals surface area contributed by atoms with Crippen LogP contribution in [0, 0.1) is 17.0 Å². The first kappa shape index (κ1) is 23.6. The maximum Gasteiger partial charge on any atom is 0.317 e. The van der Waals surface area contributed by atoms with Gasteiger partial charge in [-0.1, -0.05) is 35.9 Å². The van der Waals surface area contributed by atoms with Crippen molar-refractivity contribution in [3.05, 3.63) is 70.3 Å². The highest BCUT2D eigenvalue weighted by Crippen LogP contribution is 2.18. The van der Waals surface area contributed by atoms with Crippen LogP contribution in [0.25, 0.3) is 0 Å². The number of benzene rings is 2. The highest BCUT2D eigenvalue weighted by molar-refractivity contribution is 8.31. The van der Waals surface area contributed by atoms with Gasteiger partial charge in [-0.2, -0.15) is 8.42 Å². The van der Waals surface area contributed by atoms with E-state index in [1.807, 2.05) is 18.2 Å². The Kier molecular flexibility index (Phi) is 9.98. The fourth-order valence-electron chi connectivity index (χ4n) is 1.26. The van der Waals surface area contributed by atoms with E-state index >= 15 is 0 Å². The van der Waals surface area contributed by atoms with E-state index in [9.17, 15) is 18.5 Å². The summed E-state index contributed by atoms with van der Waals surface area (Å²) in [6, 6.07) is 14.6. The smallest absolute Gasteiger partial charge is 0.258 e. The molecule has 2 aromatic carbocycles. The van der Waals surface area contributed by atoms with Gasteiger partial charge in [0.05, 0.1) is 9.82 Å². The predicted octanol–water partition coefficient (Wildman–Crippen LogP) is 4.23. The third-order valence-electron chi connectivity index (χ3n) is 2.27. The van der Waals surface area contributed by atoms with Gasteiger partial charge >= 0.3 is 8.26 Å². The van der Waals surface area contributed by atoms with Crippen molar-refractivity contribution in [1.29, 1.82) is 0 Å². The zero-order valence-corrected chi connectivity index (χ0v) is 16.4. The van der Waals surface area contributed by atoms with Gasteiger partial charge in [0.2, 0.25) is 0 Å². The number of nitrogens with zero attached hydrogens (tertiary/aromatic N) is 1. The van der Waals surface area contributed by atoms with Crippen LogP contribution >= 0.6 is 32.0 Å². The summed E-state index contributed by atoms with van der Waals surface area (Å²) in [4.78, 5) is 9.41. The first-order chi connectivity index (χ1) is 11.3. The van der Waals surface area contributed by atoms with Gasteiger partial charge in [-0.25, -0.2) is 8.42 Å². The van der Waals surface area contributed by atoms with E-state index in [0.29, 0.717) is 0 Å². The van der Waals surface area contributed by atoms with E-state index in [2.05, 4.69) is 40.4 Å². The number of hydrogen-bond acceptors (Lipinski definition) is 6. The van der Waals surface area contributed by atoms with Crippen LogP contribution in [0.4, 0.5) is 5.69 Å². The Balaban J connectivity index is 0.000000401. The molecule has 0 saturated heterocycles. The number of halogens is 3. The normalized spacial score (nSPS) is 10.6. The Morgan fingerprint density at radius 1 is 0.840 bits per heavy atom. The molecular formula is C13H12Cl3NO6S2. The molecule has 2 rings (SSSR count). The van der Waals surface area contributed by atoms with E-state index in [0.717, 1.165) is 24.3 Å². The van der Waals surface area contributed by atoms with Gasteiger partial charge in [0, 0.05) is 44.2 Å². The Bertz CT molecular complexity index is 877. The van der Waals surface area contributed by atoms with Gasteiger partial charge < -0.3 is 0 Å². The lowest BCUT2D eigenvalue weighted by Crippen LogP contribution is -1.92. The van der Waals surface area contributed by atoms with Crippen LogP contribution in [-0.4, -0.2) is 21.8 Å². The van der Waals surface area contributed by atoms with Gasteiger partial charge in [0.25, 0.3) is 14.7 Å². The molecule has 0 amide bonds.